The molecule has 0 bridgehead atoms. The molecule has 0 amide bonds. The third-order valence-electron chi connectivity index (χ3n) is 4.19. The topological polar surface area (TPSA) is 17.1 Å². The molecule has 0 atom stereocenters. The van der Waals surface area contributed by atoms with E-state index in [4.69, 9.17) is 0 Å². The number of aryl methyl sites for hydroxylation is 1. The van der Waals surface area contributed by atoms with E-state index in [1.807, 2.05) is 0 Å². The van der Waals surface area contributed by atoms with Crippen LogP contribution in [0.25, 0.3) is 0 Å². The molecule has 1 heterocycles. The number of hydrogen-bond acceptors (Lipinski definition) is 1. The lowest BCUT2D eigenvalue weighted by molar-refractivity contribution is -0.120. The molecule has 1 saturated heterocycles. The lowest BCUT2D eigenvalue weighted by atomic mass is 9.96. The van der Waals surface area contributed by atoms with Crippen LogP contribution >= 0.6 is 7.92 Å². The number of hydrogen-bond donors (Lipinski definition) is 0. The van der Waals surface area contributed by atoms with E-state index < -0.39 is 0 Å². The van der Waals surface area contributed by atoms with Crippen molar-refractivity contribution in [3.05, 3.63) is 35.9 Å². The summed E-state index contributed by atoms with van der Waals surface area (Å²) in [5.41, 5.74) is 1.42. The van der Waals surface area contributed by atoms with Crippen molar-refractivity contribution in [3.63, 3.8) is 0 Å². The van der Waals surface area contributed by atoms with E-state index in [1.54, 1.807) is 0 Å². The van der Waals surface area contributed by atoms with Crippen LogP contribution in [0.4, 0.5) is 0 Å². The Morgan fingerprint density at radius 3 is 2.05 bits per heavy atom. The maximum absolute atomic E-state index is 11.9. The first kappa shape index (κ1) is 14.7. The molecule has 0 unspecified atom stereocenters. The molecule has 1 fully saturated rings. The zero-order chi connectivity index (χ0) is 14.1. The Balaban J connectivity index is 2.10. The van der Waals surface area contributed by atoms with Crippen LogP contribution in [-0.2, 0) is 11.2 Å². The van der Waals surface area contributed by atoms with Gasteiger partial charge < -0.3 is 0 Å². The highest BCUT2D eigenvalue weighted by atomic mass is 31.1. The van der Waals surface area contributed by atoms with E-state index in [0.29, 0.717) is 5.78 Å². The minimum Gasteiger partial charge on any atom is -0.300 e. The predicted molar refractivity (Wildman–Crippen MR) is 84.3 cm³/mol. The van der Waals surface area contributed by atoms with Gasteiger partial charge in [0, 0.05) is 12.8 Å². The first-order valence-electron chi connectivity index (χ1n) is 7.15. The molecule has 104 valence electrons. The summed E-state index contributed by atoms with van der Waals surface area (Å²) < 4.78 is 0. The molecule has 1 aliphatic heterocycles. The molecule has 1 nitrogen and oxygen atoms in total. The highest BCUT2D eigenvalue weighted by Gasteiger charge is 2.45. The molecule has 0 N–H and O–H groups in total. The Morgan fingerprint density at radius 1 is 1.00 bits per heavy atom. The van der Waals surface area contributed by atoms with Crippen molar-refractivity contribution in [1.82, 2.24) is 0 Å². The summed E-state index contributed by atoms with van der Waals surface area (Å²) in [6.07, 6.45) is 3.94. The maximum Gasteiger partial charge on any atom is 0.134 e. The number of Topliss-reactive ketones (excluding diaryl/α,β-unsaturated/α-hetero) is 1. The van der Waals surface area contributed by atoms with Crippen molar-refractivity contribution in [2.75, 3.05) is 6.16 Å². The summed E-state index contributed by atoms with van der Waals surface area (Å²) in [6.45, 7) is 9.18. The summed E-state index contributed by atoms with van der Waals surface area (Å²) in [4.78, 5) is 11.9. The zero-order valence-electron chi connectivity index (χ0n) is 12.6. The lowest BCUT2D eigenvalue weighted by Crippen LogP contribution is -2.40. The van der Waals surface area contributed by atoms with Crippen LogP contribution in [0.1, 0.15) is 46.1 Å². The zero-order valence-corrected chi connectivity index (χ0v) is 13.5. The highest BCUT2D eigenvalue weighted by molar-refractivity contribution is 7.61. The highest BCUT2D eigenvalue weighted by Crippen LogP contribution is 2.65. The van der Waals surface area contributed by atoms with Gasteiger partial charge in [0.2, 0.25) is 0 Å². The maximum atomic E-state index is 11.9. The summed E-state index contributed by atoms with van der Waals surface area (Å²) in [5.74, 6) is 0.452. The molecule has 0 aliphatic carbocycles. The number of rotatable bonds is 3. The Hall–Kier alpha value is -0.680. The second-order valence-electron chi connectivity index (χ2n) is 6.90. The van der Waals surface area contributed by atoms with Crippen molar-refractivity contribution in [3.8, 4) is 0 Å². The molecule has 2 heteroatoms. The molecule has 1 aromatic carbocycles. The summed E-state index contributed by atoms with van der Waals surface area (Å²) >= 11 is 0. The third kappa shape index (κ3) is 3.45. The molecule has 0 aromatic heterocycles. The van der Waals surface area contributed by atoms with Gasteiger partial charge in [-0.25, -0.2) is 0 Å². The molecular weight excluding hydrogens is 251 g/mol. The van der Waals surface area contributed by atoms with Gasteiger partial charge >= 0.3 is 0 Å². The van der Waals surface area contributed by atoms with Crippen molar-refractivity contribution >= 4 is 13.7 Å². The van der Waals surface area contributed by atoms with E-state index in [9.17, 15) is 4.79 Å². The molecule has 0 radical (unpaired) electrons. The summed E-state index contributed by atoms with van der Waals surface area (Å²) in [5, 5.41) is 0.395. The Labute approximate surface area is 118 Å². The van der Waals surface area contributed by atoms with Crippen LogP contribution in [0.2, 0.25) is 0 Å². The van der Waals surface area contributed by atoms with E-state index in [-0.39, 0.29) is 18.2 Å². The molecule has 1 aromatic rings. The number of ketones is 1. The van der Waals surface area contributed by atoms with Gasteiger partial charge in [-0.3, -0.25) is 4.79 Å². The van der Waals surface area contributed by atoms with Gasteiger partial charge in [-0.1, -0.05) is 65.9 Å². The van der Waals surface area contributed by atoms with Crippen LogP contribution in [0, 0.1) is 0 Å². The Morgan fingerprint density at radius 2 is 1.53 bits per heavy atom. The standard InChI is InChI=1S/C17H25OP/c1-16(2)12-15(18)13-17(3,4)19(16)11-10-14-8-6-5-7-9-14/h5-9H,10-13H2,1-4H3. The molecular formula is C17H25OP. The van der Waals surface area contributed by atoms with Crippen molar-refractivity contribution in [1.29, 1.82) is 0 Å². The Bertz CT molecular complexity index is 428. The summed E-state index contributed by atoms with van der Waals surface area (Å²) in [6, 6.07) is 10.7. The van der Waals surface area contributed by atoms with Gasteiger partial charge in [-0.05, 0) is 28.5 Å². The van der Waals surface area contributed by atoms with Gasteiger partial charge in [0.1, 0.15) is 5.78 Å². The SMILES string of the molecule is CC1(C)CC(=O)CC(C)(C)P1CCc1ccccc1. The second-order valence-corrected chi connectivity index (χ2v) is 10.6. The van der Waals surface area contributed by atoms with Crippen molar-refractivity contribution in [2.24, 2.45) is 0 Å². The van der Waals surface area contributed by atoms with Crippen LogP contribution in [0.15, 0.2) is 30.3 Å². The largest absolute Gasteiger partial charge is 0.300 e. The van der Waals surface area contributed by atoms with Crippen molar-refractivity contribution < 1.29 is 4.79 Å². The van der Waals surface area contributed by atoms with E-state index in [1.165, 1.54) is 11.7 Å². The monoisotopic (exact) mass is 276 g/mol. The summed E-state index contributed by atoms with van der Waals surface area (Å²) in [7, 11) is -0.129. The van der Waals surface area contributed by atoms with Crippen LogP contribution in [0.5, 0.6) is 0 Å². The Kier molecular flexibility index (Phi) is 4.16. The van der Waals surface area contributed by atoms with E-state index in [2.05, 4.69) is 58.0 Å². The minimum atomic E-state index is -0.129. The third-order valence-corrected chi connectivity index (χ3v) is 8.10. The lowest BCUT2D eigenvalue weighted by Gasteiger charge is -2.49. The molecule has 2 rings (SSSR count). The van der Waals surface area contributed by atoms with Crippen LogP contribution in [-0.4, -0.2) is 22.3 Å². The second kappa shape index (κ2) is 5.37. The molecule has 0 spiro atoms. The quantitative estimate of drug-likeness (QED) is 0.735. The number of carbonyl (C=O) groups excluding carboxylic acids is 1. The molecule has 0 saturated carbocycles. The minimum absolute atomic E-state index is 0.129. The van der Waals surface area contributed by atoms with Gasteiger partial charge in [0.15, 0.2) is 0 Å². The fraction of sp³-hybridized carbons (Fsp3) is 0.588. The smallest absolute Gasteiger partial charge is 0.134 e. The normalized spacial score (nSPS) is 22.4. The predicted octanol–water partition coefficient (Wildman–Crippen LogP) is 4.63. The van der Waals surface area contributed by atoms with Crippen molar-refractivity contribution in [2.45, 2.75) is 57.3 Å². The van der Waals surface area contributed by atoms with Gasteiger partial charge in [0.05, 0.1) is 0 Å². The van der Waals surface area contributed by atoms with Gasteiger partial charge in [-0.15, -0.1) is 0 Å². The fourth-order valence-corrected chi connectivity index (χ4v) is 7.59. The van der Waals surface area contributed by atoms with Crippen LogP contribution in [0.3, 0.4) is 0 Å². The average Bonchev–Trinajstić information content (AvgIpc) is 2.26. The number of benzene rings is 1. The average molecular weight is 276 g/mol. The molecule has 1 aliphatic rings. The van der Waals surface area contributed by atoms with Gasteiger partial charge in [-0.2, -0.15) is 0 Å². The first-order valence-corrected chi connectivity index (χ1v) is 8.67. The molecule has 19 heavy (non-hydrogen) atoms. The van der Waals surface area contributed by atoms with E-state index >= 15 is 0 Å². The number of carbonyl (C=O) groups is 1. The fourth-order valence-electron chi connectivity index (χ4n) is 3.53. The van der Waals surface area contributed by atoms with E-state index in [0.717, 1.165) is 19.3 Å². The van der Waals surface area contributed by atoms with Crippen LogP contribution < -0.4 is 0 Å². The van der Waals surface area contributed by atoms with Gasteiger partial charge in [0.25, 0.3) is 0 Å². The first-order chi connectivity index (χ1) is 8.81.